The molecule has 2 heterocycles. The van der Waals surface area contributed by atoms with Gasteiger partial charge in [0.1, 0.15) is 17.4 Å². The minimum absolute atomic E-state index is 0.114. The second-order valence-corrected chi connectivity index (χ2v) is 3.70. The summed E-state index contributed by atoms with van der Waals surface area (Å²) in [6, 6.07) is 0. The average Bonchev–Trinajstić information content (AvgIpc) is 2.46. The van der Waals surface area contributed by atoms with Crippen molar-refractivity contribution in [2.75, 3.05) is 0 Å². The van der Waals surface area contributed by atoms with Gasteiger partial charge in [-0.3, -0.25) is 0 Å². The fraction of sp³-hybridized carbons (Fsp3) is 0. The summed E-state index contributed by atoms with van der Waals surface area (Å²) in [5.74, 6) is 0. The molecule has 0 saturated carbocycles. The number of hydrogen-bond acceptors (Lipinski definition) is 3. The molecule has 0 saturated heterocycles. The molecule has 0 unspecified atom stereocenters. The molecule has 72 valence electrons. The van der Waals surface area contributed by atoms with Crippen molar-refractivity contribution in [3.8, 4) is 0 Å². The Bertz CT molecular complexity index is 525. The van der Waals surface area contributed by atoms with Crippen molar-refractivity contribution < 1.29 is 9.90 Å². The number of hydrogen-bond donors (Lipinski definition) is 1. The zero-order valence-electron chi connectivity index (χ0n) is 6.61. The van der Waals surface area contributed by atoms with E-state index in [1.807, 2.05) is 0 Å². The van der Waals surface area contributed by atoms with Crippen LogP contribution < -0.4 is 0 Å². The molecule has 0 aromatic carbocycles. The molecule has 0 fully saturated rings. The topological polar surface area (TPSA) is 68.0 Å². The van der Waals surface area contributed by atoms with E-state index in [-0.39, 0.29) is 10.7 Å². The first-order chi connectivity index (χ1) is 6.61. The van der Waals surface area contributed by atoms with Crippen molar-refractivity contribution in [1.82, 2.24) is 14.5 Å². The Morgan fingerprint density at radius 3 is 2.93 bits per heavy atom. The maximum atomic E-state index is 10.8. The van der Waals surface area contributed by atoms with Crippen LogP contribution in [-0.2, 0) is 0 Å². The van der Waals surface area contributed by atoms with Crippen LogP contribution in [0.2, 0.25) is 5.15 Å². The van der Waals surface area contributed by atoms with Crippen LogP contribution in [0, 0.1) is 0 Å². The summed E-state index contributed by atoms with van der Waals surface area (Å²) in [7, 11) is 0. The molecule has 0 aliphatic carbocycles. The largest absolute Gasteiger partial charge is 0.464 e. The summed E-state index contributed by atoms with van der Waals surface area (Å²) < 4.78 is 1.54. The van der Waals surface area contributed by atoms with Crippen LogP contribution in [0.1, 0.15) is 0 Å². The Hall–Kier alpha value is -1.14. The standard InChI is InChI=1S/C7H3BrClN3O2/c8-3-1-12(7(13)14)5-4(3)10-2-11-6(5)9/h1-2H,(H,13,14). The fourth-order valence-corrected chi connectivity index (χ4v) is 1.85. The Labute approximate surface area is 91.5 Å². The van der Waals surface area contributed by atoms with Crippen LogP contribution in [0.4, 0.5) is 4.79 Å². The highest BCUT2D eigenvalue weighted by atomic mass is 79.9. The van der Waals surface area contributed by atoms with Crippen LogP contribution in [0.5, 0.6) is 0 Å². The van der Waals surface area contributed by atoms with Crippen LogP contribution >= 0.6 is 27.5 Å². The number of carboxylic acid groups (broad SMARTS) is 1. The molecule has 0 radical (unpaired) electrons. The van der Waals surface area contributed by atoms with E-state index in [1.165, 1.54) is 12.5 Å². The second-order valence-electron chi connectivity index (χ2n) is 2.49. The molecule has 0 atom stereocenters. The van der Waals surface area contributed by atoms with Gasteiger partial charge in [0, 0.05) is 6.20 Å². The maximum Gasteiger partial charge on any atom is 0.416 e. The van der Waals surface area contributed by atoms with Gasteiger partial charge in [-0.15, -0.1) is 0 Å². The normalized spacial score (nSPS) is 10.7. The van der Waals surface area contributed by atoms with E-state index in [0.717, 1.165) is 4.57 Å². The van der Waals surface area contributed by atoms with Crippen LogP contribution in [0.3, 0.4) is 0 Å². The lowest BCUT2D eigenvalue weighted by atomic mass is 10.5. The van der Waals surface area contributed by atoms with E-state index in [2.05, 4.69) is 25.9 Å². The summed E-state index contributed by atoms with van der Waals surface area (Å²) in [6.07, 6.45) is 1.53. The second kappa shape index (κ2) is 3.21. The minimum atomic E-state index is -1.13. The van der Waals surface area contributed by atoms with Gasteiger partial charge < -0.3 is 5.11 Å². The molecular formula is C7H3BrClN3O2. The maximum absolute atomic E-state index is 10.8. The third kappa shape index (κ3) is 1.27. The van der Waals surface area contributed by atoms with Gasteiger partial charge in [0.25, 0.3) is 0 Å². The summed E-state index contributed by atoms with van der Waals surface area (Å²) in [6.45, 7) is 0. The molecule has 0 amide bonds. The summed E-state index contributed by atoms with van der Waals surface area (Å²) in [4.78, 5) is 18.4. The molecule has 14 heavy (non-hydrogen) atoms. The summed E-state index contributed by atoms with van der Waals surface area (Å²) in [5, 5.41) is 8.96. The highest BCUT2D eigenvalue weighted by molar-refractivity contribution is 9.10. The molecular weight excluding hydrogens is 273 g/mol. The van der Waals surface area contributed by atoms with Gasteiger partial charge >= 0.3 is 6.09 Å². The Morgan fingerprint density at radius 1 is 1.57 bits per heavy atom. The van der Waals surface area contributed by atoms with Crippen LogP contribution in [0.25, 0.3) is 11.0 Å². The number of aromatic nitrogens is 3. The number of fused-ring (bicyclic) bond motifs is 1. The zero-order valence-corrected chi connectivity index (χ0v) is 8.95. The lowest BCUT2D eigenvalue weighted by molar-refractivity contribution is 0.197. The van der Waals surface area contributed by atoms with Crippen molar-refractivity contribution in [2.45, 2.75) is 0 Å². The predicted molar refractivity (Wildman–Crippen MR) is 53.7 cm³/mol. The van der Waals surface area contributed by atoms with Crippen molar-refractivity contribution in [3.63, 3.8) is 0 Å². The molecule has 2 rings (SSSR count). The van der Waals surface area contributed by atoms with E-state index < -0.39 is 6.09 Å². The van der Waals surface area contributed by atoms with E-state index in [9.17, 15) is 4.79 Å². The van der Waals surface area contributed by atoms with Crippen molar-refractivity contribution in [1.29, 1.82) is 0 Å². The lowest BCUT2D eigenvalue weighted by Gasteiger charge is -1.97. The molecule has 7 heteroatoms. The molecule has 2 aromatic heterocycles. The first kappa shape index (κ1) is 9.42. The van der Waals surface area contributed by atoms with Gasteiger partial charge in [0.05, 0.1) is 4.47 Å². The molecule has 0 aliphatic rings. The zero-order chi connectivity index (χ0) is 10.3. The quantitative estimate of drug-likeness (QED) is 0.750. The van der Waals surface area contributed by atoms with E-state index in [0.29, 0.717) is 9.99 Å². The SMILES string of the molecule is O=C(O)n1cc(Br)c2ncnc(Cl)c21. The monoisotopic (exact) mass is 275 g/mol. The van der Waals surface area contributed by atoms with Crippen molar-refractivity contribution in [3.05, 3.63) is 22.1 Å². The predicted octanol–water partition coefficient (Wildman–Crippen LogP) is 2.37. The molecule has 0 bridgehead atoms. The Balaban J connectivity index is 2.93. The highest BCUT2D eigenvalue weighted by Crippen LogP contribution is 2.27. The van der Waals surface area contributed by atoms with Gasteiger partial charge in [-0.2, -0.15) is 0 Å². The van der Waals surface area contributed by atoms with Gasteiger partial charge in [-0.05, 0) is 15.9 Å². The molecule has 1 N–H and O–H groups in total. The molecule has 0 spiro atoms. The number of rotatable bonds is 0. The van der Waals surface area contributed by atoms with E-state index >= 15 is 0 Å². The van der Waals surface area contributed by atoms with Crippen molar-refractivity contribution in [2.24, 2.45) is 0 Å². The fourth-order valence-electron chi connectivity index (χ4n) is 1.14. The summed E-state index contributed by atoms with van der Waals surface area (Å²) >= 11 is 8.95. The van der Waals surface area contributed by atoms with Crippen molar-refractivity contribution >= 4 is 44.7 Å². The smallest absolute Gasteiger partial charge is 0.416 e. The molecule has 2 aromatic rings. The third-order valence-corrected chi connectivity index (χ3v) is 2.55. The first-order valence-electron chi connectivity index (χ1n) is 3.51. The lowest BCUT2D eigenvalue weighted by Crippen LogP contribution is -2.06. The van der Waals surface area contributed by atoms with E-state index in [4.69, 9.17) is 16.7 Å². The number of carbonyl (C=O) groups is 1. The number of nitrogens with zero attached hydrogens (tertiary/aromatic N) is 3. The third-order valence-electron chi connectivity index (χ3n) is 1.69. The van der Waals surface area contributed by atoms with Crippen LogP contribution in [0.15, 0.2) is 17.0 Å². The Morgan fingerprint density at radius 2 is 2.29 bits per heavy atom. The molecule has 0 aliphatic heterocycles. The first-order valence-corrected chi connectivity index (χ1v) is 4.68. The number of halogens is 2. The average molecular weight is 276 g/mol. The van der Waals surface area contributed by atoms with Gasteiger partial charge in [-0.1, -0.05) is 11.6 Å². The minimum Gasteiger partial charge on any atom is -0.464 e. The van der Waals surface area contributed by atoms with Crippen LogP contribution in [-0.4, -0.2) is 25.7 Å². The van der Waals surface area contributed by atoms with Gasteiger partial charge in [0.15, 0.2) is 5.15 Å². The van der Waals surface area contributed by atoms with E-state index in [1.54, 1.807) is 0 Å². The van der Waals surface area contributed by atoms with Gasteiger partial charge in [-0.25, -0.2) is 19.3 Å². The molecule has 5 nitrogen and oxygen atoms in total. The highest BCUT2D eigenvalue weighted by Gasteiger charge is 2.15. The summed E-state index contributed by atoms with van der Waals surface area (Å²) in [5.41, 5.74) is 0.765. The van der Waals surface area contributed by atoms with Gasteiger partial charge in [0.2, 0.25) is 0 Å². The Kier molecular flexibility index (Phi) is 2.16.